The predicted octanol–water partition coefficient (Wildman–Crippen LogP) is 1.72. The van der Waals surface area contributed by atoms with E-state index in [0.29, 0.717) is 18.5 Å². The van der Waals surface area contributed by atoms with Crippen LogP contribution in [0.15, 0.2) is 18.5 Å². The van der Waals surface area contributed by atoms with Crippen LogP contribution in [0.3, 0.4) is 0 Å². The lowest BCUT2D eigenvalue weighted by Gasteiger charge is -2.37. The maximum Gasteiger partial charge on any atom is 0.308 e. The Morgan fingerprint density at radius 1 is 1.42 bits per heavy atom. The molecule has 0 aliphatic carbocycles. The van der Waals surface area contributed by atoms with E-state index in [4.69, 9.17) is 0 Å². The van der Waals surface area contributed by atoms with Crippen LogP contribution in [0, 0.1) is 12.8 Å². The fraction of sp³-hybridized carbons (Fsp3) is 0.500. The molecule has 1 aromatic heterocycles. The van der Waals surface area contributed by atoms with Gasteiger partial charge in [0.2, 0.25) is 0 Å². The summed E-state index contributed by atoms with van der Waals surface area (Å²) in [6.07, 6.45) is 4.58. The first-order chi connectivity index (χ1) is 9.00. The summed E-state index contributed by atoms with van der Waals surface area (Å²) in [6, 6.07) is 1.51. The number of amides is 1. The third-order valence-corrected chi connectivity index (χ3v) is 3.69. The SMILES string of the molecule is Cc1cncc(C(=O)N2CCC[C@@H](C(=O)O)[C@H]2C)c1. The minimum atomic E-state index is -0.827. The van der Waals surface area contributed by atoms with Crippen molar-refractivity contribution in [1.82, 2.24) is 9.88 Å². The van der Waals surface area contributed by atoms with Gasteiger partial charge in [-0.2, -0.15) is 0 Å². The Bertz CT molecular complexity index is 501. The van der Waals surface area contributed by atoms with Crippen LogP contribution in [0.1, 0.15) is 35.7 Å². The Morgan fingerprint density at radius 2 is 2.16 bits per heavy atom. The van der Waals surface area contributed by atoms with E-state index in [1.54, 1.807) is 24.1 Å². The zero-order valence-electron chi connectivity index (χ0n) is 11.2. The average Bonchev–Trinajstić information content (AvgIpc) is 2.38. The Labute approximate surface area is 112 Å². The molecule has 2 rings (SSSR count). The van der Waals surface area contributed by atoms with Gasteiger partial charge in [-0.25, -0.2) is 0 Å². The van der Waals surface area contributed by atoms with Gasteiger partial charge in [-0.1, -0.05) is 0 Å². The Hall–Kier alpha value is -1.91. The highest BCUT2D eigenvalue weighted by Crippen LogP contribution is 2.25. The molecule has 0 bridgehead atoms. The van der Waals surface area contributed by atoms with Crippen molar-refractivity contribution in [3.63, 3.8) is 0 Å². The molecule has 0 radical (unpaired) electrons. The van der Waals surface area contributed by atoms with Crippen LogP contribution >= 0.6 is 0 Å². The van der Waals surface area contributed by atoms with Crippen molar-refractivity contribution >= 4 is 11.9 Å². The number of rotatable bonds is 2. The molecule has 19 heavy (non-hydrogen) atoms. The smallest absolute Gasteiger partial charge is 0.308 e. The summed E-state index contributed by atoms with van der Waals surface area (Å²) in [7, 11) is 0. The molecule has 0 saturated carbocycles. The van der Waals surface area contributed by atoms with Gasteiger partial charge in [0.05, 0.1) is 11.5 Å². The first kappa shape index (κ1) is 13.5. The standard InChI is InChI=1S/C14H18N2O3/c1-9-6-11(8-15-7-9)13(17)16-5-3-4-12(10(16)2)14(18)19/h6-8,10,12H,3-5H2,1-2H3,(H,18,19)/t10-,12-/m1/s1. The molecule has 0 unspecified atom stereocenters. The number of pyridine rings is 1. The summed E-state index contributed by atoms with van der Waals surface area (Å²) in [5.41, 5.74) is 1.45. The summed E-state index contributed by atoms with van der Waals surface area (Å²) in [4.78, 5) is 29.3. The Kier molecular flexibility index (Phi) is 3.83. The Balaban J connectivity index is 2.21. The number of aliphatic carboxylic acids is 1. The fourth-order valence-electron chi connectivity index (χ4n) is 2.60. The minimum absolute atomic E-state index is 0.130. The number of aryl methyl sites for hydroxylation is 1. The highest BCUT2D eigenvalue weighted by molar-refractivity contribution is 5.94. The zero-order chi connectivity index (χ0) is 14.0. The minimum Gasteiger partial charge on any atom is -0.481 e. The van der Waals surface area contributed by atoms with Crippen molar-refractivity contribution in [2.45, 2.75) is 32.7 Å². The van der Waals surface area contributed by atoms with Gasteiger partial charge in [0.1, 0.15) is 0 Å². The van der Waals surface area contributed by atoms with Gasteiger partial charge in [-0.05, 0) is 38.3 Å². The first-order valence-electron chi connectivity index (χ1n) is 6.46. The molecule has 2 atom stereocenters. The van der Waals surface area contributed by atoms with Gasteiger partial charge in [-0.15, -0.1) is 0 Å². The van der Waals surface area contributed by atoms with Gasteiger partial charge < -0.3 is 10.0 Å². The number of aromatic nitrogens is 1. The van der Waals surface area contributed by atoms with E-state index >= 15 is 0 Å². The number of carboxylic acid groups (broad SMARTS) is 1. The molecule has 1 aliphatic rings. The molecular weight excluding hydrogens is 244 g/mol. The van der Waals surface area contributed by atoms with Gasteiger partial charge >= 0.3 is 5.97 Å². The molecule has 1 aliphatic heterocycles. The van der Waals surface area contributed by atoms with E-state index in [1.165, 1.54) is 6.20 Å². The third kappa shape index (κ3) is 2.75. The third-order valence-electron chi connectivity index (χ3n) is 3.69. The van der Waals surface area contributed by atoms with Crippen LogP contribution < -0.4 is 0 Å². The van der Waals surface area contributed by atoms with E-state index in [9.17, 15) is 14.7 Å². The number of likely N-dealkylation sites (tertiary alicyclic amines) is 1. The molecule has 0 aromatic carbocycles. The number of nitrogens with zero attached hydrogens (tertiary/aromatic N) is 2. The van der Waals surface area contributed by atoms with Crippen molar-refractivity contribution in [2.24, 2.45) is 5.92 Å². The molecule has 2 heterocycles. The highest BCUT2D eigenvalue weighted by Gasteiger charge is 2.35. The van der Waals surface area contributed by atoms with Gasteiger partial charge in [-0.3, -0.25) is 14.6 Å². The molecular formula is C14H18N2O3. The van der Waals surface area contributed by atoms with Gasteiger partial charge in [0.15, 0.2) is 0 Å². The van der Waals surface area contributed by atoms with Crippen molar-refractivity contribution < 1.29 is 14.7 Å². The zero-order valence-corrected chi connectivity index (χ0v) is 11.2. The van der Waals surface area contributed by atoms with Gasteiger partial charge in [0, 0.05) is 25.0 Å². The van der Waals surface area contributed by atoms with E-state index in [2.05, 4.69) is 4.98 Å². The molecule has 1 N–H and O–H groups in total. The van der Waals surface area contributed by atoms with Crippen LogP contribution in [0.4, 0.5) is 0 Å². The number of carbonyl (C=O) groups is 2. The molecule has 1 saturated heterocycles. The molecule has 1 aromatic rings. The quantitative estimate of drug-likeness (QED) is 0.881. The van der Waals surface area contributed by atoms with Crippen LogP contribution in [-0.2, 0) is 4.79 Å². The largest absolute Gasteiger partial charge is 0.481 e. The molecule has 5 nitrogen and oxygen atoms in total. The molecule has 102 valence electrons. The normalized spacial score (nSPS) is 23.2. The summed E-state index contributed by atoms with van der Waals surface area (Å²) in [5, 5.41) is 9.17. The second-order valence-corrected chi connectivity index (χ2v) is 5.08. The van der Waals surface area contributed by atoms with Crippen molar-refractivity contribution in [1.29, 1.82) is 0 Å². The molecule has 1 fully saturated rings. The van der Waals surface area contributed by atoms with Crippen LogP contribution in [0.25, 0.3) is 0 Å². The van der Waals surface area contributed by atoms with Crippen LogP contribution in [0.2, 0.25) is 0 Å². The first-order valence-corrected chi connectivity index (χ1v) is 6.46. The lowest BCUT2D eigenvalue weighted by Crippen LogP contribution is -2.49. The second kappa shape index (κ2) is 5.38. The fourth-order valence-corrected chi connectivity index (χ4v) is 2.60. The van der Waals surface area contributed by atoms with E-state index in [0.717, 1.165) is 12.0 Å². The maximum atomic E-state index is 12.4. The molecule has 5 heteroatoms. The van der Waals surface area contributed by atoms with Crippen LogP contribution in [0.5, 0.6) is 0 Å². The van der Waals surface area contributed by atoms with Crippen LogP contribution in [-0.4, -0.2) is 39.5 Å². The lowest BCUT2D eigenvalue weighted by atomic mass is 9.90. The topological polar surface area (TPSA) is 70.5 Å². The predicted molar refractivity (Wildman–Crippen MR) is 69.8 cm³/mol. The summed E-state index contributed by atoms with van der Waals surface area (Å²) >= 11 is 0. The molecule has 0 spiro atoms. The monoisotopic (exact) mass is 262 g/mol. The number of hydrogen-bond acceptors (Lipinski definition) is 3. The number of carboxylic acids is 1. The van der Waals surface area contributed by atoms with E-state index < -0.39 is 11.9 Å². The average molecular weight is 262 g/mol. The maximum absolute atomic E-state index is 12.4. The highest BCUT2D eigenvalue weighted by atomic mass is 16.4. The van der Waals surface area contributed by atoms with E-state index in [-0.39, 0.29) is 11.9 Å². The van der Waals surface area contributed by atoms with Gasteiger partial charge in [0.25, 0.3) is 5.91 Å². The summed E-state index contributed by atoms with van der Waals surface area (Å²) in [5.74, 6) is -1.43. The summed E-state index contributed by atoms with van der Waals surface area (Å²) in [6.45, 7) is 4.29. The number of carbonyl (C=O) groups excluding carboxylic acids is 1. The van der Waals surface area contributed by atoms with Crippen molar-refractivity contribution in [3.05, 3.63) is 29.6 Å². The van der Waals surface area contributed by atoms with Crippen molar-refractivity contribution in [2.75, 3.05) is 6.54 Å². The molecule has 1 amide bonds. The number of hydrogen-bond donors (Lipinski definition) is 1. The van der Waals surface area contributed by atoms with Crippen molar-refractivity contribution in [3.8, 4) is 0 Å². The summed E-state index contributed by atoms with van der Waals surface area (Å²) < 4.78 is 0. The second-order valence-electron chi connectivity index (χ2n) is 5.08. The number of piperidine rings is 1. The Morgan fingerprint density at radius 3 is 2.79 bits per heavy atom. The van der Waals surface area contributed by atoms with E-state index in [1.807, 2.05) is 6.92 Å². The lowest BCUT2D eigenvalue weighted by molar-refractivity contribution is -0.144.